The van der Waals surface area contributed by atoms with Crippen molar-refractivity contribution >= 4 is 11.6 Å². The lowest BCUT2D eigenvalue weighted by molar-refractivity contribution is 0.0342. The van der Waals surface area contributed by atoms with Gasteiger partial charge in [0.25, 0.3) is 5.91 Å². The molecule has 3 aliphatic rings. The second-order valence-corrected chi connectivity index (χ2v) is 9.70. The number of ether oxygens (including phenoxy) is 1. The first-order valence-corrected chi connectivity index (χ1v) is 12.4. The molecule has 1 N–H and O–H groups in total. The minimum Gasteiger partial charge on any atom is -0.379 e. The van der Waals surface area contributed by atoms with Crippen LogP contribution in [0.15, 0.2) is 42.5 Å². The molecule has 1 unspecified atom stereocenters. The molecular formula is C27H36N4O2. The zero-order valence-electron chi connectivity index (χ0n) is 19.8. The molecule has 176 valence electrons. The molecule has 2 fully saturated rings. The molecule has 33 heavy (non-hydrogen) atoms. The van der Waals surface area contributed by atoms with Crippen LogP contribution in [-0.2, 0) is 24.1 Å². The Kier molecular flexibility index (Phi) is 6.95. The third-order valence-electron chi connectivity index (χ3n) is 7.37. The topological polar surface area (TPSA) is 48.0 Å². The highest BCUT2D eigenvalue weighted by molar-refractivity contribution is 5.94. The van der Waals surface area contributed by atoms with Crippen LogP contribution >= 0.6 is 0 Å². The molecule has 1 atom stereocenters. The van der Waals surface area contributed by atoms with Crippen LogP contribution < -0.4 is 10.2 Å². The van der Waals surface area contributed by atoms with Crippen molar-refractivity contribution in [2.75, 3.05) is 64.4 Å². The molecule has 0 bridgehead atoms. The standard InChI is InChI=1S/C27H36N4O2/c1-29-11-13-31(14-12-29)26-4-2-3-22-9-10-24(19-25(22)26)28-27(32)23-7-5-21(6-8-23)20-30-15-17-33-18-16-30/h2-8,24H,9-20H2,1H3,(H,28,32). The van der Waals surface area contributed by atoms with Gasteiger partial charge in [-0.15, -0.1) is 0 Å². The fraction of sp³-hybridized carbons (Fsp3) is 0.519. The van der Waals surface area contributed by atoms with Gasteiger partial charge in [-0.05, 0) is 61.2 Å². The summed E-state index contributed by atoms with van der Waals surface area (Å²) >= 11 is 0. The van der Waals surface area contributed by atoms with Crippen LogP contribution in [0, 0.1) is 0 Å². The van der Waals surface area contributed by atoms with E-state index in [-0.39, 0.29) is 11.9 Å². The number of nitrogens with one attached hydrogen (secondary N) is 1. The van der Waals surface area contributed by atoms with Crippen LogP contribution in [0.4, 0.5) is 5.69 Å². The highest BCUT2D eigenvalue weighted by Gasteiger charge is 2.25. The zero-order chi connectivity index (χ0) is 22.6. The Hall–Kier alpha value is -2.41. The van der Waals surface area contributed by atoms with Crippen LogP contribution in [0.25, 0.3) is 0 Å². The van der Waals surface area contributed by atoms with E-state index in [1.54, 1.807) is 0 Å². The van der Waals surface area contributed by atoms with Gasteiger partial charge in [0, 0.05) is 63.1 Å². The van der Waals surface area contributed by atoms with Gasteiger partial charge in [-0.1, -0.05) is 24.3 Å². The minimum absolute atomic E-state index is 0.0402. The van der Waals surface area contributed by atoms with Crippen molar-refractivity contribution in [3.05, 3.63) is 64.7 Å². The third kappa shape index (κ3) is 5.40. The summed E-state index contributed by atoms with van der Waals surface area (Å²) in [6.07, 6.45) is 2.94. The third-order valence-corrected chi connectivity index (χ3v) is 7.37. The van der Waals surface area contributed by atoms with E-state index in [9.17, 15) is 4.79 Å². The lowest BCUT2D eigenvalue weighted by Gasteiger charge is -2.37. The Balaban J connectivity index is 1.21. The van der Waals surface area contributed by atoms with E-state index in [1.807, 2.05) is 12.1 Å². The van der Waals surface area contributed by atoms with E-state index in [0.717, 1.165) is 83.9 Å². The molecule has 2 aliphatic heterocycles. The molecule has 0 radical (unpaired) electrons. The Bertz CT molecular complexity index is 947. The second kappa shape index (κ2) is 10.2. The molecule has 1 amide bonds. The number of rotatable bonds is 5. The number of hydrogen-bond acceptors (Lipinski definition) is 5. The molecule has 5 rings (SSSR count). The molecule has 0 saturated carbocycles. The van der Waals surface area contributed by atoms with Crippen molar-refractivity contribution in [1.29, 1.82) is 0 Å². The van der Waals surface area contributed by atoms with Crippen LogP contribution in [0.1, 0.15) is 33.5 Å². The number of amides is 1. The molecule has 2 heterocycles. The smallest absolute Gasteiger partial charge is 0.251 e. The van der Waals surface area contributed by atoms with Crippen LogP contribution in [0.5, 0.6) is 0 Å². The second-order valence-electron chi connectivity index (χ2n) is 9.70. The van der Waals surface area contributed by atoms with Crippen molar-refractivity contribution in [3.8, 4) is 0 Å². The molecule has 0 aromatic heterocycles. The summed E-state index contributed by atoms with van der Waals surface area (Å²) in [6.45, 7) is 8.82. The molecule has 6 heteroatoms. The lowest BCUT2D eigenvalue weighted by atomic mass is 9.86. The average Bonchev–Trinajstić information content (AvgIpc) is 2.85. The summed E-state index contributed by atoms with van der Waals surface area (Å²) in [5, 5.41) is 3.32. The monoisotopic (exact) mass is 448 g/mol. The molecule has 2 aromatic carbocycles. The average molecular weight is 449 g/mol. The van der Waals surface area contributed by atoms with Gasteiger partial charge in [0.05, 0.1) is 13.2 Å². The largest absolute Gasteiger partial charge is 0.379 e. The number of carbonyl (C=O) groups is 1. The maximum atomic E-state index is 13.0. The van der Waals surface area contributed by atoms with Gasteiger partial charge in [-0.25, -0.2) is 0 Å². The number of nitrogens with zero attached hydrogens (tertiary/aromatic N) is 3. The summed E-state index contributed by atoms with van der Waals surface area (Å²) < 4.78 is 5.43. The summed E-state index contributed by atoms with van der Waals surface area (Å²) in [5.74, 6) is 0.0402. The summed E-state index contributed by atoms with van der Waals surface area (Å²) in [4.78, 5) is 20.3. The van der Waals surface area contributed by atoms with Crippen molar-refractivity contribution in [1.82, 2.24) is 15.1 Å². The SMILES string of the molecule is CN1CCN(c2cccc3c2CC(NC(=O)c2ccc(CN4CCOCC4)cc2)CC3)CC1. The van der Waals surface area contributed by atoms with Crippen LogP contribution in [0.3, 0.4) is 0 Å². The number of aryl methyl sites for hydroxylation is 1. The first-order valence-electron chi connectivity index (χ1n) is 12.4. The Morgan fingerprint density at radius 2 is 1.76 bits per heavy atom. The first kappa shape index (κ1) is 22.4. The number of hydrogen-bond donors (Lipinski definition) is 1. The predicted octanol–water partition coefficient (Wildman–Crippen LogP) is 2.56. The van der Waals surface area contributed by atoms with Gasteiger partial charge in [-0.2, -0.15) is 0 Å². The summed E-state index contributed by atoms with van der Waals surface area (Å²) in [7, 11) is 2.19. The fourth-order valence-electron chi connectivity index (χ4n) is 5.28. The number of likely N-dealkylation sites (N-methyl/N-ethyl adjacent to an activating group) is 1. The van der Waals surface area contributed by atoms with Gasteiger partial charge in [-0.3, -0.25) is 9.69 Å². The Labute approximate surface area is 197 Å². The summed E-state index contributed by atoms with van der Waals surface area (Å²) in [6, 6.07) is 15.0. The van der Waals surface area contributed by atoms with Gasteiger partial charge in [0.1, 0.15) is 0 Å². The van der Waals surface area contributed by atoms with E-state index >= 15 is 0 Å². The predicted molar refractivity (Wildman–Crippen MR) is 132 cm³/mol. The molecule has 1 aliphatic carbocycles. The minimum atomic E-state index is 0.0402. The number of fused-ring (bicyclic) bond motifs is 1. The van der Waals surface area contributed by atoms with E-state index in [0.29, 0.717) is 0 Å². The molecule has 2 aromatic rings. The molecular weight excluding hydrogens is 412 g/mol. The number of anilines is 1. The highest BCUT2D eigenvalue weighted by Crippen LogP contribution is 2.31. The molecule has 6 nitrogen and oxygen atoms in total. The zero-order valence-corrected chi connectivity index (χ0v) is 19.8. The maximum Gasteiger partial charge on any atom is 0.251 e. The van der Waals surface area contributed by atoms with Crippen molar-refractivity contribution < 1.29 is 9.53 Å². The molecule has 0 spiro atoms. The normalized spacial score (nSPS) is 22.1. The number of benzene rings is 2. The Morgan fingerprint density at radius 1 is 1.00 bits per heavy atom. The molecule has 2 saturated heterocycles. The van der Waals surface area contributed by atoms with Crippen LogP contribution in [0.2, 0.25) is 0 Å². The van der Waals surface area contributed by atoms with Gasteiger partial charge in [0.15, 0.2) is 0 Å². The first-order chi connectivity index (χ1) is 16.2. The number of piperazine rings is 1. The number of morpholine rings is 1. The van der Waals surface area contributed by atoms with E-state index in [4.69, 9.17) is 4.74 Å². The van der Waals surface area contributed by atoms with E-state index < -0.39 is 0 Å². The maximum absolute atomic E-state index is 13.0. The fourth-order valence-corrected chi connectivity index (χ4v) is 5.28. The van der Waals surface area contributed by atoms with E-state index in [1.165, 1.54) is 22.4 Å². The van der Waals surface area contributed by atoms with Crippen LogP contribution in [-0.4, -0.2) is 81.3 Å². The number of carbonyl (C=O) groups excluding carboxylic acids is 1. The van der Waals surface area contributed by atoms with Crippen molar-refractivity contribution in [2.45, 2.75) is 31.8 Å². The van der Waals surface area contributed by atoms with Gasteiger partial charge < -0.3 is 19.9 Å². The van der Waals surface area contributed by atoms with E-state index in [2.05, 4.69) is 57.4 Å². The van der Waals surface area contributed by atoms with Gasteiger partial charge in [0.2, 0.25) is 0 Å². The van der Waals surface area contributed by atoms with Crippen molar-refractivity contribution in [3.63, 3.8) is 0 Å². The Morgan fingerprint density at radius 3 is 2.52 bits per heavy atom. The lowest BCUT2D eigenvalue weighted by Crippen LogP contribution is -2.45. The van der Waals surface area contributed by atoms with Gasteiger partial charge >= 0.3 is 0 Å². The summed E-state index contributed by atoms with van der Waals surface area (Å²) in [5.41, 5.74) is 6.24. The highest BCUT2D eigenvalue weighted by atomic mass is 16.5. The quantitative estimate of drug-likeness (QED) is 0.762. The van der Waals surface area contributed by atoms with Crippen molar-refractivity contribution in [2.24, 2.45) is 0 Å².